The second kappa shape index (κ2) is 9.04. The van der Waals surface area contributed by atoms with Gasteiger partial charge in [-0.3, -0.25) is 0 Å². The number of hydrogen-bond donors (Lipinski definition) is 0. The highest BCUT2D eigenvalue weighted by Crippen LogP contribution is 2.45. The van der Waals surface area contributed by atoms with Gasteiger partial charge in [-0.1, -0.05) is 86.9 Å². The fraction of sp³-hybridized carbons (Fsp3) is 0.304. The van der Waals surface area contributed by atoms with E-state index in [0.29, 0.717) is 10.8 Å². The molecule has 0 aliphatic carbocycles. The number of carbonyl (C=O) groups is 1. The van der Waals surface area contributed by atoms with Crippen LogP contribution >= 0.6 is 0 Å². The van der Waals surface area contributed by atoms with Crippen molar-refractivity contribution in [3.63, 3.8) is 0 Å². The average Bonchev–Trinajstić information content (AvgIpc) is 2.68. The lowest BCUT2D eigenvalue weighted by Gasteiger charge is -2.35. The van der Waals surface area contributed by atoms with Gasteiger partial charge >= 0.3 is 12.1 Å². The predicted molar refractivity (Wildman–Crippen MR) is 112 cm³/mol. The monoisotopic (exact) mass is 434 g/mol. The molecule has 0 heterocycles. The summed E-state index contributed by atoms with van der Waals surface area (Å²) in [6.07, 6.45) is -6.10. The van der Waals surface area contributed by atoms with E-state index in [1.165, 1.54) is 24.3 Å². The van der Waals surface area contributed by atoms with Gasteiger partial charge in [-0.15, -0.1) is 5.73 Å². The summed E-state index contributed by atoms with van der Waals surface area (Å²) in [6, 6.07) is 15.4. The number of benzene rings is 2. The largest absolute Gasteiger partial charge is 0.450 e. The zero-order valence-electron chi connectivity index (χ0n) is 17.4. The Hall–Kier alpha value is -2.60. The molecule has 3 nitrogen and oxygen atoms in total. The van der Waals surface area contributed by atoms with Gasteiger partial charge in [0, 0.05) is 17.9 Å². The highest BCUT2D eigenvalue weighted by atomic mass is 28.3. The summed E-state index contributed by atoms with van der Waals surface area (Å²) in [7, 11) is -1.30. The zero-order valence-corrected chi connectivity index (χ0v) is 18.4. The van der Waals surface area contributed by atoms with Crippen molar-refractivity contribution in [3.8, 4) is 0 Å². The van der Waals surface area contributed by atoms with Crippen LogP contribution in [0.3, 0.4) is 0 Å². The van der Waals surface area contributed by atoms with E-state index in [2.05, 4.69) is 12.3 Å². The summed E-state index contributed by atoms with van der Waals surface area (Å²) in [5.74, 6) is -1.54. The maximum absolute atomic E-state index is 14.2. The first-order valence-corrected chi connectivity index (χ1v) is 12.8. The number of hydrogen-bond acceptors (Lipinski definition) is 3. The number of alkyl halides is 3. The Labute approximate surface area is 175 Å². The first-order chi connectivity index (χ1) is 14.0. The van der Waals surface area contributed by atoms with Crippen molar-refractivity contribution in [2.24, 2.45) is 0 Å². The van der Waals surface area contributed by atoms with Gasteiger partial charge in [0.1, 0.15) is 0 Å². The Bertz CT molecular complexity index is 914. The van der Waals surface area contributed by atoms with Crippen LogP contribution in [0.1, 0.15) is 17.2 Å². The molecule has 0 saturated heterocycles. The van der Waals surface area contributed by atoms with E-state index in [4.69, 9.17) is 9.47 Å². The van der Waals surface area contributed by atoms with Gasteiger partial charge in [-0.2, -0.15) is 13.2 Å². The van der Waals surface area contributed by atoms with E-state index in [-0.39, 0.29) is 5.56 Å². The van der Waals surface area contributed by atoms with Crippen LogP contribution in [0.25, 0.3) is 0 Å². The van der Waals surface area contributed by atoms with Crippen molar-refractivity contribution in [3.05, 3.63) is 89.3 Å². The van der Waals surface area contributed by atoms with Gasteiger partial charge < -0.3 is 9.47 Å². The molecule has 0 N–H and O–H groups in total. The van der Waals surface area contributed by atoms with Crippen LogP contribution in [0.2, 0.25) is 19.6 Å². The third kappa shape index (κ3) is 4.59. The summed E-state index contributed by atoms with van der Waals surface area (Å²) < 4.78 is 53.1. The smallest absolute Gasteiger partial charge is 0.432 e. The summed E-state index contributed by atoms with van der Waals surface area (Å²) in [6.45, 7) is 9.64. The molecule has 0 fully saturated rings. The maximum atomic E-state index is 14.2. The Morgan fingerprint density at radius 2 is 1.50 bits per heavy atom. The fourth-order valence-electron chi connectivity index (χ4n) is 3.25. The number of esters is 1. The molecular formula is C23H25F3O3Si. The lowest BCUT2D eigenvalue weighted by molar-refractivity contribution is -0.277. The maximum Gasteiger partial charge on any atom is 0.432 e. The highest BCUT2D eigenvalue weighted by molar-refractivity contribution is 6.83. The summed E-state index contributed by atoms with van der Waals surface area (Å²) in [5.41, 5.74) is -0.245. The van der Waals surface area contributed by atoms with Crippen LogP contribution in [0, 0.1) is 0 Å². The second-order valence-electron chi connectivity index (χ2n) is 7.79. The number of rotatable bonds is 7. The Balaban J connectivity index is 2.63. The second-order valence-corrected chi connectivity index (χ2v) is 12.8. The first-order valence-electron chi connectivity index (χ1n) is 9.33. The van der Waals surface area contributed by atoms with E-state index in [0.717, 1.165) is 7.11 Å². The molecule has 160 valence electrons. The lowest BCUT2D eigenvalue weighted by atomic mass is 9.92. The van der Waals surface area contributed by atoms with E-state index < -0.39 is 31.9 Å². The molecule has 2 atom stereocenters. The standard InChI is InChI=1S/C23H25F3O3Si/c1-6-19(30(3,4)5)20(17-13-9-7-10-14-17)29-21(27)22(28-2,23(24,25)26)18-15-11-8-12-16-18/h7-16,20H,1H2,2-5H3/t20-,22?/m1/s1. The lowest BCUT2D eigenvalue weighted by Crippen LogP contribution is -2.52. The van der Waals surface area contributed by atoms with Crippen molar-refractivity contribution in [2.45, 2.75) is 37.5 Å². The molecule has 0 saturated carbocycles. The third-order valence-electron chi connectivity index (χ3n) is 4.76. The van der Waals surface area contributed by atoms with Crippen LogP contribution in [-0.2, 0) is 19.9 Å². The summed E-state index contributed by atoms with van der Waals surface area (Å²) >= 11 is 0. The Kier molecular flexibility index (Phi) is 7.13. The number of halogens is 3. The minimum Gasteiger partial charge on any atom is -0.450 e. The molecule has 0 aliphatic heterocycles. The van der Waals surface area contributed by atoms with Crippen LogP contribution in [0.5, 0.6) is 0 Å². The molecule has 0 aliphatic rings. The normalized spacial score (nSPS) is 14.9. The fourth-order valence-corrected chi connectivity index (χ4v) is 4.79. The van der Waals surface area contributed by atoms with Crippen molar-refractivity contribution in [2.75, 3.05) is 7.11 Å². The summed E-state index contributed by atoms with van der Waals surface area (Å²) in [4.78, 5) is 13.2. The molecule has 1 unspecified atom stereocenters. The molecular weight excluding hydrogens is 409 g/mol. The minimum absolute atomic E-state index is 0.353. The van der Waals surface area contributed by atoms with Gasteiger partial charge in [0.25, 0.3) is 5.60 Å². The zero-order chi connectivity index (χ0) is 22.6. The van der Waals surface area contributed by atoms with Crippen molar-refractivity contribution >= 4 is 14.0 Å². The quantitative estimate of drug-likeness (QED) is 0.306. The van der Waals surface area contributed by atoms with Gasteiger partial charge in [-0.25, -0.2) is 4.79 Å². The van der Waals surface area contributed by atoms with Crippen molar-refractivity contribution in [1.29, 1.82) is 0 Å². The number of methoxy groups -OCH3 is 1. The number of carbonyl (C=O) groups excluding carboxylic acids is 1. The average molecular weight is 435 g/mol. The first kappa shape index (κ1) is 23.7. The topological polar surface area (TPSA) is 35.5 Å². The predicted octanol–water partition coefficient (Wildman–Crippen LogP) is 5.96. The van der Waals surface area contributed by atoms with Crippen molar-refractivity contribution in [1.82, 2.24) is 0 Å². The molecule has 2 aromatic carbocycles. The summed E-state index contributed by atoms with van der Waals surface area (Å²) in [5, 5.41) is 0.585. The molecule has 0 aromatic heterocycles. The molecule has 0 amide bonds. The third-order valence-corrected chi connectivity index (χ3v) is 6.82. The van der Waals surface area contributed by atoms with Gasteiger partial charge in [-0.05, 0) is 5.56 Å². The van der Waals surface area contributed by atoms with Crippen LogP contribution in [0.4, 0.5) is 13.2 Å². The van der Waals surface area contributed by atoms with Gasteiger partial charge in [0.05, 0.1) is 8.07 Å². The van der Waals surface area contributed by atoms with Gasteiger partial charge in [0.15, 0.2) is 6.10 Å². The molecule has 2 rings (SSSR count). The molecule has 0 radical (unpaired) electrons. The van der Waals surface area contributed by atoms with E-state index in [9.17, 15) is 18.0 Å². The van der Waals surface area contributed by atoms with E-state index >= 15 is 0 Å². The van der Waals surface area contributed by atoms with Crippen LogP contribution < -0.4 is 0 Å². The minimum atomic E-state index is -5.04. The van der Waals surface area contributed by atoms with Crippen LogP contribution in [0.15, 0.2) is 78.2 Å². The van der Waals surface area contributed by atoms with E-state index in [1.807, 2.05) is 19.6 Å². The molecule has 0 bridgehead atoms. The number of ether oxygens (including phenoxy) is 2. The van der Waals surface area contributed by atoms with Gasteiger partial charge in [0.2, 0.25) is 0 Å². The Morgan fingerprint density at radius 3 is 1.90 bits per heavy atom. The SMILES string of the molecule is C=C=C([C@H](OC(=O)C(OC)(c1ccccc1)C(F)(F)F)c1ccccc1)[Si](C)(C)C. The Morgan fingerprint density at radius 1 is 1.00 bits per heavy atom. The van der Waals surface area contributed by atoms with E-state index in [1.54, 1.807) is 36.4 Å². The van der Waals surface area contributed by atoms with Crippen LogP contribution in [-0.4, -0.2) is 27.3 Å². The van der Waals surface area contributed by atoms with Crippen molar-refractivity contribution < 1.29 is 27.4 Å². The molecule has 0 spiro atoms. The molecule has 2 aromatic rings. The molecule has 30 heavy (non-hydrogen) atoms. The highest BCUT2D eigenvalue weighted by Gasteiger charge is 2.64. The molecule has 7 heteroatoms.